The molecule has 8 heteroatoms. The second-order valence-corrected chi connectivity index (χ2v) is 9.36. The highest BCUT2D eigenvalue weighted by molar-refractivity contribution is 14.0. The number of aliphatic imine (C=N–C) groups is 1. The van der Waals surface area contributed by atoms with Crippen LogP contribution < -0.4 is 10.6 Å². The number of rotatable bonds is 6. The molecule has 160 valence electrons. The van der Waals surface area contributed by atoms with E-state index in [2.05, 4.69) is 44.4 Å². The molecule has 1 aromatic heterocycles. The molecule has 0 amide bonds. The zero-order valence-electron chi connectivity index (χ0n) is 17.7. The van der Waals surface area contributed by atoms with Gasteiger partial charge in [-0.15, -0.1) is 35.3 Å². The summed E-state index contributed by atoms with van der Waals surface area (Å²) in [7, 11) is 4.11. The lowest BCUT2D eigenvalue weighted by molar-refractivity contribution is 0.0173. The molecule has 2 N–H and O–H groups in total. The number of piperidine rings is 2. The van der Waals surface area contributed by atoms with E-state index in [1.165, 1.54) is 68.2 Å². The van der Waals surface area contributed by atoms with Gasteiger partial charge in [-0.3, -0.25) is 9.89 Å². The lowest BCUT2D eigenvalue weighted by atomic mass is 9.84. The van der Waals surface area contributed by atoms with Crippen LogP contribution in [-0.2, 0) is 6.42 Å². The summed E-state index contributed by atoms with van der Waals surface area (Å²) in [6, 6.07) is 0. The third-order valence-corrected chi connectivity index (χ3v) is 7.03. The molecule has 0 atom stereocenters. The molecule has 0 spiro atoms. The second kappa shape index (κ2) is 11.7. The van der Waals surface area contributed by atoms with E-state index in [0.717, 1.165) is 25.5 Å². The van der Waals surface area contributed by atoms with Crippen LogP contribution in [-0.4, -0.2) is 79.6 Å². The number of likely N-dealkylation sites (tertiary alicyclic amines) is 2. The SMILES string of the molecule is CN=C(NCCc1ncc(C)s1)NCC1(N2CCCCC2)CCN(C)CC1.I. The molecule has 0 saturated carbocycles. The fraction of sp³-hybridized carbons (Fsp3) is 0.800. The monoisotopic (exact) mass is 520 g/mol. The van der Waals surface area contributed by atoms with Crippen molar-refractivity contribution in [3.05, 3.63) is 16.1 Å². The van der Waals surface area contributed by atoms with E-state index in [1.54, 1.807) is 11.3 Å². The summed E-state index contributed by atoms with van der Waals surface area (Å²) >= 11 is 1.78. The molecule has 28 heavy (non-hydrogen) atoms. The number of aryl methyl sites for hydroxylation is 1. The lowest BCUT2D eigenvalue weighted by Gasteiger charge is -2.50. The fourth-order valence-electron chi connectivity index (χ4n) is 4.28. The molecule has 0 aliphatic carbocycles. The van der Waals surface area contributed by atoms with Gasteiger partial charge in [0.2, 0.25) is 0 Å². The largest absolute Gasteiger partial charge is 0.356 e. The van der Waals surface area contributed by atoms with Crippen molar-refractivity contribution in [3.63, 3.8) is 0 Å². The fourth-order valence-corrected chi connectivity index (χ4v) is 5.07. The molecule has 3 heterocycles. The summed E-state index contributed by atoms with van der Waals surface area (Å²) in [6.45, 7) is 8.84. The van der Waals surface area contributed by atoms with Crippen LogP contribution in [0.2, 0.25) is 0 Å². The molecular weight excluding hydrogens is 483 g/mol. The summed E-state index contributed by atoms with van der Waals surface area (Å²) in [5.74, 6) is 0.915. The molecule has 0 aromatic carbocycles. The summed E-state index contributed by atoms with van der Waals surface area (Å²) in [5.41, 5.74) is 0.275. The maximum absolute atomic E-state index is 4.45. The number of aromatic nitrogens is 1. The minimum absolute atomic E-state index is 0. The molecule has 3 rings (SSSR count). The number of nitrogens with one attached hydrogen (secondary N) is 2. The minimum atomic E-state index is 0. The van der Waals surface area contributed by atoms with Gasteiger partial charge >= 0.3 is 0 Å². The Balaban J connectivity index is 0.00000280. The lowest BCUT2D eigenvalue weighted by Crippen LogP contribution is -2.62. The Labute approximate surface area is 191 Å². The van der Waals surface area contributed by atoms with Crippen LogP contribution in [0.4, 0.5) is 0 Å². The van der Waals surface area contributed by atoms with Crippen LogP contribution >= 0.6 is 35.3 Å². The van der Waals surface area contributed by atoms with Crippen molar-refractivity contribution < 1.29 is 0 Å². The molecule has 2 fully saturated rings. The Morgan fingerprint density at radius 2 is 1.89 bits per heavy atom. The third kappa shape index (κ3) is 6.53. The van der Waals surface area contributed by atoms with E-state index in [-0.39, 0.29) is 29.5 Å². The van der Waals surface area contributed by atoms with Gasteiger partial charge in [0, 0.05) is 43.2 Å². The van der Waals surface area contributed by atoms with E-state index in [9.17, 15) is 0 Å². The number of nitrogens with zero attached hydrogens (tertiary/aromatic N) is 4. The standard InChI is InChI=1S/C20H36N6S.HI/c1-17-15-23-18(27-17)7-10-22-19(21-2)24-16-20(8-13-25(3)14-9-20)26-11-5-4-6-12-26;/h15H,4-14,16H2,1-3H3,(H2,21,22,24);1H. The summed E-state index contributed by atoms with van der Waals surface area (Å²) < 4.78 is 0. The normalized spacial score (nSPS) is 21.2. The molecule has 2 aliphatic rings. The first-order valence-corrected chi connectivity index (χ1v) is 11.2. The first-order valence-electron chi connectivity index (χ1n) is 10.4. The molecule has 1 aromatic rings. The van der Waals surface area contributed by atoms with Crippen LogP contribution in [0, 0.1) is 6.92 Å². The van der Waals surface area contributed by atoms with E-state index in [0.29, 0.717) is 0 Å². The Kier molecular flexibility index (Phi) is 9.92. The summed E-state index contributed by atoms with van der Waals surface area (Å²) in [5, 5.41) is 8.31. The van der Waals surface area contributed by atoms with Gasteiger partial charge in [0.1, 0.15) is 0 Å². The maximum atomic E-state index is 4.45. The Hall–Kier alpha value is -0.450. The van der Waals surface area contributed by atoms with Crippen molar-refractivity contribution in [2.75, 3.05) is 53.4 Å². The van der Waals surface area contributed by atoms with Crippen molar-refractivity contribution in [2.24, 2.45) is 4.99 Å². The zero-order valence-corrected chi connectivity index (χ0v) is 20.8. The molecule has 2 saturated heterocycles. The van der Waals surface area contributed by atoms with Crippen molar-refractivity contribution in [1.29, 1.82) is 0 Å². The van der Waals surface area contributed by atoms with Crippen molar-refractivity contribution >= 4 is 41.3 Å². The molecule has 6 nitrogen and oxygen atoms in total. The first kappa shape index (κ1) is 23.8. The molecule has 0 radical (unpaired) electrons. The minimum Gasteiger partial charge on any atom is -0.356 e. The van der Waals surface area contributed by atoms with Crippen molar-refractivity contribution in [1.82, 2.24) is 25.4 Å². The molecule has 0 unspecified atom stereocenters. The Morgan fingerprint density at radius 3 is 2.50 bits per heavy atom. The Morgan fingerprint density at radius 1 is 1.18 bits per heavy atom. The highest BCUT2D eigenvalue weighted by atomic mass is 127. The summed E-state index contributed by atoms with van der Waals surface area (Å²) in [4.78, 5) is 15.4. The van der Waals surface area contributed by atoms with Gasteiger partial charge in [-0.05, 0) is 65.8 Å². The van der Waals surface area contributed by atoms with Crippen LogP contribution in [0.5, 0.6) is 0 Å². The maximum Gasteiger partial charge on any atom is 0.191 e. The van der Waals surface area contributed by atoms with Crippen LogP contribution in [0.3, 0.4) is 0 Å². The van der Waals surface area contributed by atoms with Crippen LogP contribution in [0.25, 0.3) is 0 Å². The average molecular weight is 521 g/mol. The molecular formula is C20H37IN6S. The zero-order chi connectivity index (χ0) is 19.1. The molecule has 2 aliphatic heterocycles. The number of hydrogen-bond donors (Lipinski definition) is 2. The van der Waals surface area contributed by atoms with Gasteiger partial charge in [0.25, 0.3) is 0 Å². The van der Waals surface area contributed by atoms with Gasteiger partial charge in [0.15, 0.2) is 5.96 Å². The first-order chi connectivity index (χ1) is 13.1. The number of hydrogen-bond acceptors (Lipinski definition) is 5. The average Bonchev–Trinajstić information content (AvgIpc) is 3.12. The van der Waals surface area contributed by atoms with Crippen LogP contribution in [0.15, 0.2) is 11.2 Å². The smallest absolute Gasteiger partial charge is 0.191 e. The highest BCUT2D eigenvalue weighted by Gasteiger charge is 2.39. The van der Waals surface area contributed by atoms with Crippen LogP contribution in [0.1, 0.15) is 42.0 Å². The number of halogens is 1. The quantitative estimate of drug-likeness (QED) is 0.343. The van der Waals surface area contributed by atoms with Crippen molar-refractivity contribution in [2.45, 2.75) is 51.0 Å². The number of guanidine groups is 1. The number of thiazole rings is 1. The van der Waals surface area contributed by atoms with E-state index in [4.69, 9.17) is 0 Å². The van der Waals surface area contributed by atoms with E-state index in [1.807, 2.05) is 13.2 Å². The van der Waals surface area contributed by atoms with E-state index >= 15 is 0 Å². The van der Waals surface area contributed by atoms with Gasteiger partial charge in [-0.1, -0.05) is 6.42 Å². The third-order valence-electron chi connectivity index (χ3n) is 6.05. The second-order valence-electron chi connectivity index (χ2n) is 8.04. The van der Waals surface area contributed by atoms with Gasteiger partial charge < -0.3 is 15.5 Å². The van der Waals surface area contributed by atoms with Gasteiger partial charge in [-0.25, -0.2) is 4.98 Å². The summed E-state index contributed by atoms with van der Waals surface area (Å²) in [6.07, 6.45) is 9.46. The predicted molar refractivity (Wildman–Crippen MR) is 130 cm³/mol. The van der Waals surface area contributed by atoms with Gasteiger partial charge in [-0.2, -0.15) is 0 Å². The topological polar surface area (TPSA) is 55.8 Å². The molecule has 0 bridgehead atoms. The van der Waals surface area contributed by atoms with E-state index < -0.39 is 0 Å². The predicted octanol–water partition coefficient (Wildman–Crippen LogP) is 2.73. The Bertz CT molecular complexity index is 606. The van der Waals surface area contributed by atoms with Gasteiger partial charge in [0.05, 0.1) is 5.01 Å². The highest BCUT2D eigenvalue weighted by Crippen LogP contribution is 2.30. The van der Waals surface area contributed by atoms with Crippen molar-refractivity contribution in [3.8, 4) is 0 Å².